The van der Waals surface area contributed by atoms with Gasteiger partial charge in [0.1, 0.15) is 0 Å². The number of carbonyl (C=O) groups is 3. The van der Waals surface area contributed by atoms with Crippen LogP contribution in [0.3, 0.4) is 0 Å². The maximum absolute atomic E-state index is 11.9. The van der Waals surface area contributed by atoms with Gasteiger partial charge in [-0.3, -0.25) is 9.59 Å². The topological polar surface area (TPSA) is 87.5 Å². The summed E-state index contributed by atoms with van der Waals surface area (Å²) >= 11 is 0. The maximum atomic E-state index is 11.9. The number of amides is 2. The van der Waals surface area contributed by atoms with E-state index < -0.39 is 23.2 Å². The fourth-order valence-corrected chi connectivity index (χ4v) is 1.49. The lowest BCUT2D eigenvalue weighted by atomic mass is 9.97. The Morgan fingerprint density at radius 2 is 1.68 bits per heavy atom. The first kappa shape index (κ1) is 12.8. The molecule has 0 aromatic heterocycles. The number of hydroxylamine groups is 2. The molecule has 0 aliphatic carbocycles. The molecule has 19 heavy (non-hydrogen) atoms. The molecule has 0 saturated carbocycles. The molecule has 0 bridgehead atoms. The van der Waals surface area contributed by atoms with E-state index in [0.29, 0.717) is 5.06 Å². The number of imide groups is 1. The van der Waals surface area contributed by atoms with Gasteiger partial charge in [0.15, 0.2) is 5.41 Å². The molecule has 0 N–H and O–H groups in total. The van der Waals surface area contributed by atoms with E-state index >= 15 is 0 Å². The zero-order valence-corrected chi connectivity index (χ0v) is 10.3. The van der Waals surface area contributed by atoms with Crippen molar-refractivity contribution in [2.24, 2.45) is 5.41 Å². The van der Waals surface area contributed by atoms with Crippen molar-refractivity contribution in [1.82, 2.24) is 5.06 Å². The molecule has 1 aromatic rings. The van der Waals surface area contributed by atoms with Crippen molar-refractivity contribution in [2.75, 3.05) is 0 Å². The second-order valence-corrected chi connectivity index (χ2v) is 4.57. The highest BCUT2D eigenvalue weighted by Crippen LogP contribution is 2.25. The molecular formula is C13H10N2O4. The van der Waals surface area contributed by atoms with Crippen LogP contribution in [0.5, 0.6) is 0 Å². The fraction of sp³-hybridized carbons (Fsp3) is 0.231. The lowest BCUT2D eigenvalue weighted by Gasteiger charge is -2.18. The molecule has 0 radical (unpaired) electrons. The van der Waals surface area contributed by atoms with Crippen LogP contribution >= 0.6 is 0 Å². The number of hydrogen-bond acceptors (Lipinski definition) is 5. The van der Waals surface area contributed by atoms with Gasteiger partial charge in [-0.05, 0) is 26.0 Å². The number of rotatable bonds is 2. The van der Waals surface area contributed by atoms with Crippen LogP contribution in [0.2, 0.25) is 0 Å². The van der Waals surface area contributed by atoms with Gasteiger partial charge in [0.2, 0.25) is 0 Å². The van der Waals surface area contributed by atoms with E-state index in [4.69, 9.17) is 10.1 Å². The molecule has 0 unspecified atom stereocenters. The van der Waals surface area contributed by atoms with E-state index in [0.717, 1.165) is 0 Å². The zero-order chi connectivity index (χ0) is 14.2. The smallest absolute Gasteiger partial charge is 0.328 e. The maximum Gasteiger partial charge on any atom is 0.352 e. The van der Waals surface area contributed by atoms with E-state index in [1.807, 2.05) is 0 Å². The number of fused-ring (bicyclic) bond motifs is 1. The molecule has 1 aliphatic heterocycles. The van der Waals surface area contributed by atoms with E-state index in [1.165, 1.54) is 26.0 Å². The Morgan fingerprint density at radius 3 is 2.11 bits per heavy atom. The summed E-state index contributed by atoms with van der Waals surface area (Å²) in [5, 5.41) is 9.20. The molecule has 2 amide bonds. The Bertz CT molecular complexity index is 593. The Labute approximate surface area is 109 Å². The summed E-state index contributed by atoms with van der Waals surface area (Å²) in [4.78, 5) is 40.3. The molecule has 0 spiro atoms. The van der Waals surface area contributed by atoms with E-state index in [2.05, 4.69) is 0 Å². The second-order valence-electron chi connectivity index (χ2n) is 4.57. The molecule has 1 aliphatic rings. The van der Waals surface area contributed by atoms with Crippen LogP contribution < -0.4 is 0 Å². The van der Waals surface area contributed by atoms with Gasteiger partial charge in [-0.2, -0.15) is 5.26 Å². The van der Waals surface area contributed by atoms with Crippen molar-refractivity contribution in [3.8, 4) is 6.07 Å². The number of benzene rings is 1. The lowest BCUT2D eigenvalue weighted by molar-refractivity contribution is -0.176. The van der Waals surface area contributed by atoms with E-state index in [9.17, 15) is 14.4 Å². The van der Waals surface area contributed by atoms with Gasteiger partial charge < -0.3 is 4.84 Å². The molecule has 96 valence electrons. The average molecular weight is 258 g/mol. The average Bonchev–Trinajstić information content (AvgIpc) is 2.64. The van der Waals surface area contributed by atoms with Gasteiger partial charge in [-0.25, -0.2) is 4.79 Å². The van der Waals surface area contributed by atoms with Gasteiger partial charge in [-0.1, -0.05) is 17.2 Å². The summed E-state index contributed by atoms with van der Waals surface area (Å²) in [6.45, 7) is 2.68. The first-order valence-corrected chi connectivity index (χ1v) is 5.50. The molecule has 0 fully saturated rings. The van der Waals surface area contributed by atoms with Crippen molar-refractivity contribution >= 4 is 17.8 Å². The third-order valence-electron chi connectivity index (χ3n) is 2.72. The number of nitriles is 1. The molecule has 1 heterocycles. The van der Waals surface area contributed by atoms with Crippen molar-refractivity contribution in [2.45, 2.75) is 13.8 Å². The fourth-order valence-electron chi connectivity index (χ4n) is 1.49. The predicted octanol–water partition coefficient (Wildman–Crippen LogP) is 1.29. The Kier molecular flexibility index (Phi) is 2.83. The van der Waals surface area contributed by atoms with Crippen molar-refractivity contribution < 1.29 is 19.2 Å². The Morgan fingerprint density at radius 1 is 1.21 bits per heavy atom. The van der Waals surface area contributed by atoms with Gasteiger partial charge in [0.05, 0.1) is 17.2 Å². The minimum atomic E-state index is -1.44. The summed E-state index contributed by atoms with van der Waals surface area (Å²) in [6, 6.07) is 7.90. The summed E-state index contributed by atoms with van der Waals surface area (Å²) < 4.78 is 0. The number of carbonyl (C=O) groups excluding carboxylic acids is 3. The molecule has 6 nitrogen and oxygen atoms in total. The standard InChI is InChI=1S/C13H10N2O4/c1-13(2,7-14)12(18)19-15-10(16)8-5-3-4-6-9(8)11(15)17/h3-6H,1-2H3. The third kappa shape index (κ3) is 1.95. The normalized spacial score (nSPS) is 14.1. The SMILES string of the molecule is CC(C)(C#N)C(=O)ON1C(=O)c2ccccc2C1=O. The van der Waals surface area contributed by atoms with Crippen LogP contribution in [0, 0.1) is 16.7 Å². The van der Waals surface area contributed by atoms with Crippen LogP contribution in [-0.4, -0.2) is 22.8 Å². The Hall–Kier alpha value is -2.68. The predicted molar refractivity (Wildman–Crippen MR) is 62.4 cm³/mol. The molecule has 0 atom stereocenters. The molecule has 0 saturated heterocycles. The lowest BCUT2D eigenvalue weighted by Crippen LogP contribution is -2.37. The van der Waals surface area contributed by atoms with Crippen LogP contribution in [0.25, 0.3) is 0 Å². The molecular weight excluding hydrogens is 248 g/mol. The first-order chi connectivity index (χ1) is 8.88. The monoisotopic (exact) mass is 258 g/mol. The van der Waals surface area contributed by atoms with Crippen molar-refractivity contribution in [3.05, 3.63) is 35.4 Å². The zero-order valence-electron chi connectivity index (χ0n) is 10.3. The van der Waals surface area contributed by atoms with Crippen molar-refractivity contribution in [1.29, 1.82) is 5.26 Å². The van der Waals surface area contributed by atoms with Crippen LogP contribution in [-0.2, 0) is 9.63 Å². The highest BCUT2D eigenvalue weighted by atomic mass is 16.7. The second kappa shape index (κ2) is 4.21. The number of nitrogens with zero attached hydrogens (tertiary/aromatic N) is 2. The van der Waals surface area contributed by atoms with Gasteiger partial charge in [-0.15, -0.1) is 0 Å². The summed E-state index contributed by atoms with van der Waals surface area (Å²) in [5.41, 5.74) is -1.08. The highest BCUT2D eigenvalue weighted by molar-refractivity contribution is 6.20. The molecule has 2 rings (SSSR count). The minimum absolute atomic E-state index is 0.176. The Balaban J connectivity index is 2.27. The van der Waals surface area contributed by atoms with E-state index in [-0.39, 0.29) is 11.1 Å². The van der Waals surface area contributed by atoms with Gasteiger partial charge in [0, 0.05) is 0 Å². The van der Waals surface area contributed by atoms with Crippen LogP contribution in [0.1, 0.15) is 34.6 Å². The third-order valence-corrected chi connectivity index (χ3v) is 2.72. The summed E-state index contributed by atoms with van der Waals surface area (Å²) in [5.74, 6) is -2.37. The van der Waals surface area contributed by atoms with Crippen LogP contribution in [0.4, 0.5) is 0 Å². The minimum Gasteiger partial charge on any atom is -0.328 e. The summed E-state index contributed by atoms with van der Waals surface area (Å²) in [6.07, 6.45) is 0. The van der Waals surface area contributed by atoms with Crippen LogP contribution in [0.15, 0.2) is 24.3 Å². The van der Waals surface area contributed by atoms with Crippen molar-refractivity contribution in [3.63, 3.8) is 0 Å². The number of hydrogen-bond donors (Lipinski definition) is 0. The largest absolute Gasteiger partial charge is 0.352 e. The quantitative estimate of drug-likeness (QED) is 0.746. The highest BCUT2D eigenvalue weighted by Gasteiger charge is 2.41. The summed E-state index contributed by atoms with van der Waals surface area (Å²) in [7, 11) is 0. The molecule has 6 heteroatoms. The van der Waals surface area contributed by atoms with Gasteiger partial charge in [0.25, 0.3) is 11.8 Å². The van der Waals surface area contributed by atoms with E-state index in [1.54, 1.807) is 18.2 Å². The first-order valence-electron chi connectivity index (χ1n) is 5.50. The van der Waals surface area contributed by atoms with Gasteiger partial charge >= 0.3 is 5.97 Å². The molecule has 1 aromatic carbocycles.